The van der Waals surface area contributed by atoms with Crippen LogP contribution in [-0.2, 0) is 4.79 Å². The molecule has 5 nitrogen and oxygen atoms in total. The molecule has 0 spiro atoms. The van der Waals surface area contributed by atoms with Crippen LogP contribution in [0.3, 0.4) is 0 Å². The summed E-state index contributed by atoms with van der Waals surface area (Å²) in [6.07, 6.45) is 6.15. The fourth-order valence-corrected chi connectivity index (χ4v) is 3.55. The monoisotopic (exact) mass is 340 g/mol. The lowest BCUT2D eigenvalue weighted by Crippen LogP contribution is -2.42. The molecule has 0 aliphatic heterocycles. The van der Waals surface area contributed by atoms with Gasteiger partial charge in [0.15, 0.2) is 5.82 Å². The van der Waals surface area contributed by atoms with Crippen molar-refractivity contribution in [1.29, 1.82) is 0 Å². The Balaban J connectivity index is 1.81. The minimum atomic E-state index is 0.0848. The number of benzene rings is 1. The summed E-state index contributed by atoms with van der Waals surface area (Å²) in [4.78, 5) is 15.0. The number of amides is 1. The molecule has 0 bridgehead atoms. The topological polar surface area (TPSA) is 64.2 Å². The molecule has 134 valence electrons. The summed E-state index contributed by atoms with van der Waals surface area (Å²) in [5, 5.41) is 4.64. The number of hydrogen-bond acceptors (Lipinski definition) is 3. The van der Waals surface area contributed by atoms with Crippen LogP contribution < -0.4 is 10.6 Å². The SMILES string of the molecule is CC1CCC(C(=O)N(c2ccn(-c3ccc(N)cc3)n2)C(C)C)CC1. The van der Waals surface area contributed by atoms with Gasteiger partial charge in [-0.25, -0.2) is 4.68 Å². The van der Waals surface area contributed by atoms with E-state index in [1.54, 1.807) is 4.68 Å². The standard InChI is InChI=1S/C20H28N4O/c1-14(2)24(20(25)16-6-4-15(3)5-7-16)19-12-13-23(22-19)18-10-8-17(21)9-11-18/h8-16H,4-7,21H2,1-3H3. The summed E-state index contributed by atoms with van der Waals surface area (Å²) in [6, 6.07) is 9.56. The van der Waals surface area contributed by atoms with Gasteiger partial charge in [0.05, 0.1) is 5.69 Å². The molecule has 25 heavy (non-hydrogen) atoms. The number of aromatic nitrogens is 2. The predicted molar refractivity (Wildman–Crippen MR) is 102 cm³/mol. The Kier molecular flexibility index (Phi) is 5.11. The van der Waals surface area contributed by atoms with Gasteiger partial charge in [0, 0.05) is 29.9 Å². The molecule has 0 unspecified atom stereocenters. The van der Waals surface area contributed by atoms with E-state index in [1.807, 2.05) is 55.3 Å². The Morgan fingerprint density at radius 1 is 1.16 bits per heavy atom. The third-order valence-electron chi connectivity index (χ3n) is 5.10. The van der Waals surface area contributed by atoms with Crippen molar-refractivity contribution in [3.8, 4) is 5.69 Å². The van der Waals surface area contributed by atoms with E-state index in [-0.39, 0.29) is 17.9 Å². The van der Waals surface area contributed by atoms with Crippen LogP contribution in [0.1, 0.15) is 46.5 Å². The highest BCUT2D eigenvalue weighted by molar-refractivity contribution is 5.94. The Bertz CT molecular complexity index is 712. The van der Waals surface area contributed by atoms with E-state index in [2.05, 4.69) is 12.0 Å². The zero-order chi connectivity index (χ0) is 18.0. The van der Waals surface area contributed by atoms with E-state index in [0.29, 0.717) is 0 Å². The molecule has 1 heterocycles. The van der Waals surface area contributed by atoms with Crippen molar-refractivity contribution in [2.75, 3.05) is 10.6 Å². The van der Waals surface area contributed by atoms with Gasteiger partial charge >= 0.3 is 0 Å². The molecule has 1 aliphatic rings. The summed E-state index contributed by atoms with van der Waals surface area (Å²) in [7, 11) is 0. The van der Waals surface area contributed by atoms with Crippen molar-refractivity contribution < 1.29 is 4.79 Å². The number of nitrogens with zero attached hydrogens (tertiary/aromatic N) is 3. The van der Waals surface area contributed by atoms with Gasteiger partial charge in [0.2, 0.25) is 5.91 Å². The second kappa shape index (κ2) is 7.30. The first kappa shape index (κ1) is 17.5. The number of anilines is 2. The maximum Gasteiger partial charge on any atom is 0.231 e. The second-order valence-corrected chi connectivity index (χ2v) is 7.47. The number of carbonyl (C=O) groups excluding carboxylic acids is 1. The summed E-state index contributed by atoms with van der Waals surface area (Å²) < 4.78 is 1.79. The first-order valence-electron chi connectivity index (χ1n) is 9.20. The molecule has 0 saturated heterocycles. The second-order valence-electron chi connectivity index (χ2n) is 7.47. The maximum atomic E-state index is 13.1. The van der Waals surface area contributed by atoms with Crippen molar-refractivity contribution >= 4 is 17.4 Å². The number of hydrogen-bond donors (Lipinski definition) is 1. The first-order chi connectivity index (χ1) is 12.0. The lowest BCUT2D eigenvalue weighted by atomic mass is 9.82. The van der Waals surface area contributed by atoms with E-state index in [1.165, 1.54) is 0 Å². The Morgan fingerprint density at radius 2 is 1.80 bits per heavy atom. The molecule has 1 aromatic carbocycles. The number of rotatable bonds is 4. The summed E-state index contributed by atoms with van der Waals surface area (Å²) >= 11 is 0. The highest BCUT2D eigenvalue weighted by Crippen LogP contribution is 2.31. The Morgan fingerprint density at radius 3 is 2.40 bits per heavy atom. The van der Waals surface area contributed by atoms with Crippen LogP contribution in [0.4, 0.5) is 11.5 Å². The van der Waals surface area contributed by atoms with Crippen molar-refractivity contribution in [1.82, 2.24) is 9.78 Å². The molecule has 2 N–H and O–H groups in total. The fraction of sp³-hybridized carbons (Fsp3) is 0.500. The molecule has 1 aliphatic carbocycles. The van der Waals surface area contributed by atoms with Crippen LogP contribution >= 0.6 is 0 Å². The smallest absolute Gasteiger partial charge is 0.231 e. The molecule has 1 aromatic heterocycles. The average molecular weight is 340 g/mol. The minimum Gasteiger partial charge on any atom is -0.399 e. The van der Waals surface area contributed by atoms with Crippen LogP contribution in [0, 0.1) is 11.8 Å². The summed E-state index contributed by atoms with van der Waals surface area (Å²) in [6.45, 7) is 6.37. The van der Waals surface area contributed by atoms with Crippen LogP contribution in [0.15, 0.2) is 36.5 Å². The van der Waals surface area contributed by atoms with Crippen LogP contribution in [-0.4, -0.2) is 21.7 Å². The molecule has 1 saturated carbocycles. The summed E-state index contributed by atoms with van der Waals surface area (Å²) in [5.74, 6) is 1.79. The van der Waals surface area contributed by atoms with Crippen LogP contribution in [0.2, 0.25) is 0 Å². The van der Waals surface area contributed by atoms with E-state index in [0.717, 1.165) is 48.8 Å². The van der Waals surface area contributed by atoms with Crippen molar-refractivity contribution in [2.24, 2.45) is 11.8 Å². The first-order valence-corrected chi connectivity index (χ1v) is 9.20. The minimum absolute atomic E-state index is 0.0848. The molecule has 5 heteroatoms. The van der Waals surface area contributed by atoms with E-state index in [4.69, 9.17) is 5.73 Å². The predicted octanol–water partition coefficient (Wildman–Crippen LogP) is 4.02. The third-order valence-corrected chi connectivity index (χ3v) is 5.10. The summed E-state index contributed by atoms with van der Waals surface area (Å²) in [5.41, 5.74) is 7.40. The van der Waals surface area contributed by atoms with Gasteiger partial charge in [-0.1, -0.05) is 6.92 Å². The van der Waals surface area contributed by atoms with Gasteiger partial charge in [-0.05, 0) is 69.7 Å². The average Bonchev–Trinajstić information content (AvgIpc) is 3.05. The molecule has 3 rings (SSSR count). The van der Waals surface area contributed by atoms with E-state index in [9.17, 15) is 4.79 Å². The van der Waals surface area contributed by atoms with Gasteiger partial charge in [-0.3, -0.25) is 9.69 Å². The van der Waals surface area contributed by atoms with Crippen molar-refractivity contribution in [3.63, 3.8) is 0 Å². The molecular weight excluding hydrogens is 312 g/mol. The molecule has 0 radical (unpaired) electrons. The zero-order valence-electron chi connectivity index (χ0n) is 15.4. The van der Waals surface area contributed by atoms with Gasteiger partial charge in [0.1, 0.15) is 0 Å². The molecule has 1 amide bonds. The fourth-order valence-electron chi connectivity index (χ4n) is 3.55. The van der Waals surface area contributed by atoms with Crippen molar-refractivity contribution in [3.05, 3.63) is 36.5 Å². The third kappa shape index (κ3) is 3.86. The molecule has 0 atom stereocenters. The van der Waals surface area contributed by atoms with Crippen LogP contribution in [0.5, 0.6) is 0 Å². The van der Waals surface area contributed by atoms with Gasteiger partial charge < -0.3 is 5.73 Å². The van der Waals surface area contributed by atoms with Crippen LogP contribution in [0.25, 0.3) is 5.69 Å². The number of nitrogens with two attached hydrogens (primary N) is 1. The molecule has 2 aromatic rings. The van der Waals surface area contributed by atoms with E-state index < -0.39 is 0 Å². The quantitative estimate of drug-likeness (QED) is 0.855. The highest BCUT2D eigenvalue weighted by Gasteiger charge is 2.31. The van der Waals surface area contributed by atoms with Gasteiger partial charge in [-0.15, -0.1) is 5.10 Å². The zero-order valence-corrected chi connectivity index (χ0v) is 15.4. The largest absolute Gasteiger partial charge is 0.399 e. The normalized spacial score (nSPS) is 20.6. The molecular formula is C20H28N4O. The number of nitrogen functional groups attached to an aromatic ring is 1. The van der Waals surface area contributed by atoms with Crippen molar-refractivity contribution in [2.45, 2.75) is 52.5 Å². The maximum absolute atomic E-state index is 13.1. The lowest BCUT2D eigenvalue weighted by Gasteiger charge is -2.32. The highest BCUT2D eigenvalue weighted by atomic mass is 16.2. The van der Waals surface area contributed by atoms with Gasteiger partial charge in [0.25, 0.3) is 0 Å². The van der Waals surface area contributed by atoms with E-state index >= 15 is 0 Å². The van der Waals surface area contributed by atoms with Gasteiger partial charge in [-0.2, -0.15) is 0 Å². The lowest BCUT2D eigenvalue weighted by molar-refractivity contribution is -0.123. The number of carbonyl (C=O) groups is 1. The Hall–Kier alpha value is -2.30. The molecule has 1 fully saturated rings. The Labute approximate surface area is 149 Å².